The van der Waals surface area contributed by atoms with Gasteiger partial charge in [0.15, 0.2) is 0 Å². The van der Waals surface area contributed by atoms with E-state index in [2.05, 4.69) is 11.9 Å². The van der Waals surface area contributed by atoms with Crippen LogP contribution >= 0.6 is 0 Å². The summed E-state index contributed by atoms with van der Waals surface area (Å²) in [4.78, 5) is 27.6. The summed E-state index contributed by atoms with van der Waals surface area (Å²) in [6, 6.07) is 13.4. The van der Waals surface area contributed by atoms with Crippen LogP contribution < -0.4 is 10.1 Å². The third-order valence-corrected chi connectivity index (χ3v) is 4.67. The van der Waals surface area contributed by atoms with Gasteiger partial charge in [0.05, 0.1) is 5.69 Å². The number of anilines is 1. The Kier molecular flexibility index (Phi) is 5.04. The zero-order valence-corrected chi connectivity index (χ0v) is 15.9. The van der Waals surface area contributed by atoms with Crippen molar-refractivity contribution in [2.45, 2.75) is 32.9 Å². The number of nitrogens with one attached hydrogen (secondary N) is 1. The first kappa shape index (κ1) is 18.7. The molecular weight excluding hydrogens is 340 g/mol. The molecular formula is C22H24N2O3. The SMILES string of the molecule is C=CCN(Cc1ccc(C)cc1)C(=O)C1(C)Oc2ccc(C)cc2NC1=O. The lowest BCUT2D eigenvalue weighted by Crippen LogP contribution is -2.59. The molecule has 1 atom stereocenters. The molecule has 1 aliphatic heterocycles. The number of hydrogen-bond acceptors (Lipinski definition) is 3. The fourth-order valence-corrected chi connectivity index (χ4v) is 3.07. The standard InChI is InChI=1S/C22H24N2O3/c1-5-12-24(14-17-9-6-15(2)7-10-17)21(26)22(4)20(25)23-18-13-16(3)8-11-19(18)27-22/h5-11,13H,1,12,14H2,2-4H3,(H,23,25). The minimum atomic E-state index is -1.63. The van der Waals surface area contributed by atoms with Gasteiger partial charge in [-0.3, -0.25) is 9.59 Å². The van der Waals surface area contributed by atoms with Crippen molar-refractivity contribution < 1.29 is 14.3 Å². The highest BCUT2D eigenvalue weighted by Gasteiger charge is 2.49. The molecule has 1 aliphatic rings. The van der Waals surface area contributed by atoms with Gasteiger partial charge in [0, 0.05) is 13.1 Å². The molecule has 2 aromatic carbocycles. The number of hydrogen-bond donors (Lipinski definition) is 1. The van der Waals surface area contributed by atoms with Gasteiger partial charge in [0.25, 0.3) is 17.4 Å². The van der Waals surface area contributed by atoms with E-state index in [1.807, 2.05) is 50.2 Å². The molecule has 0 bridgehead atoms. The Balaban J connectivity index is 1.88. The number of carbonyl (C=O) groups is 2. The number of aryl methyl sites for hydroxylation is 2. The zero-order valence-electron chi connectivity index (χ0n) is 15.9. The molecule has 0 aromatic heterocycles. The first-order chi connectivity index (χ1) is 12.8. The first-order valence-electron chi connectivity index (χ1n) is 8.90. The highest BCUT2D eigenvalue weighted by atomic mass is 16.5. The lowest BCUT2D eigenvalue weighted by Gasteiger charge is -2.37. The predicted octanol–water partition coefficient (Wildman–Crippen LogP) is 3.61. The van der Waals surface area contributed by atoms with Crippen LogP contribution in [0.15, 0.2) is 55.1 Å². The van der Waals surface area contributed by atoms with Crippen LogP contribution in [0, 0.1) is 13.8 Å². The van der Waals surface area contributed by atoms with Gasteiger partial charge >= 0.3 is 0 Å². The quantitative estimate of drug-likeness (QED) is 0.651. The van der Waals surface area contributed by atoms with Crippen LogP contribution in [0.3, 0.4) is 0 Å². The second-order valence-electron chi connectivity index (χ2n) is 7.05. The fourth-order valence-electron chi connectivity index (χ4n) is 3.07. The summed E-state index contributed by atoms with van der Waals surface area (Å²) in [5.41, 5.74) is 2.08. The number of rotatable bonds is 5. The van der Waals surface area contributed by atoms with Crippen LogP contribution in [0.25, 0.3) is 0 Å². The van der Waals surface area contributed by atoms with Crippen LogP contribution in [-0.4, -0.2) is 28.9 Å². The van der Waals surface area contributed by atoms with Crippen LogP contribution in [0.5, 0.6) is 5.75 Å². The van der Waals surface area contributed by atoms with Gasteiger partial charge in [-0.2, -0.15) is 0 Å². The maximum absolute atomic E-state index is 13.3. The molecule has 1 heterocycles. The number of amides is 2. The zero-order chi connectivity index (χ0) is 19.6. The molecule has 5 nitrogen and oxygen atoms in total. The third-order valence-electron chi connectivity index (χ3n) is 4.67. The topological polar surface area (TPSA) is 58.6 Å². The third kappa shape index (κ3) is 3.72. The average Bonchev–Trinajstić information content (AvgIpc) is 2.64. The molecule has 2 aromatic rings. The van der Waals surface area contributed by atoms with E-state index in [1.165, 1.54) is 6.92 Å². The Morgan fingerprint density at radius 3 is 2.52 bits per heavy atom. The lowest BCUT2D eigenvalue weighted by atomic mass is 9.99. The van der Waals surface area contributed by atoms with Crippen molar-refractivity contribution >= 4 is 17.5 Å². The molecule has 1 N–H and O–H groups in total. The monoisotopic (exact) mass is 364 g/mol. The van der Waals surface area contributed by atoms with E-state index in [-0.39, 0.29) is 0 Å². The maximum atomic E-state index is 13.3. The van der Waals surface area contributed by atoms with Gasteiger partial charge in [-0.15, -0.1) is 6.58 Å². The Labute approximate surface area is 159 Å². The average molecular weight is 364 g/mol. The molecule has 0 spiro atoms. The van der Waals surface area contributed by atoms with E-state index in [0.29, 0.717) is 24.5 Å². The van der Waals surface area contributed by atoms with Crippen molar-refractivity contribution in [3.05, 3.63) is 71.8 Å². The van der Waals surface area contributed by atoms with Gasteiger partial charge in [0.1, 0.15) is 5.75 Å². The minimum absolute atomic E-state index is 0.319. The van der Waals surface area contributed by atoms with Crippen molar-refractivity contribution in [2.24, 2.45) is 0 Å². The van der Waals surface area contributed by atoms with Crippen LogP contribution in [0.1, 0.15) is 23.6 Å². The van der Waals surface area contributed by atoms with Crippen LogP contribution in [0.4, 0.5) is 5.69 Å². The minimum Gasteiger partial charge on any atom is -0.466 e. The van der Waals surface area contributed by atoms with E-state index in [0.717, 1.165) is 16.7 Å². The first-order valence-corrected chi connectivity index (χ1v) is 8.90. The molecule has 0 aliphatic carbocycles. The molecule has 0 saturated carbocycles. The Hall–Kier alpha value is -3.08. The second-order valence-corrected chi connectivity index (χ2v) is 7.05. The van der Waals surface area contributed by atoms with Gasteiger partial charge in [-0.1, -0.05) is 42.0 Å². The van der Waals surface area contributed by atoms with Crippen molar-refractivity contribution in [1.82, 2.24) is 4.90 Å². The summed E-state index contributed by atoms with van der Waals surface area (Å²) in [5, 5.41) is 2.80. The summed E-state index contributed by atoms with van der Waals surface area (Å²) in [7, 11) is 0. The summed E-state index contributed by atoms with van der Waals surface area (Å²) in [6.45, 7) is 9.88. The molecule has 1 unspecified atom stereocenters. The Morgan fingerprint density at radius 1 is 1.19 bits per heavy atom. The van der Waals surface area contributed by atoms with E-state index < -0.39 is 17.4 Å². The summed E-state index contributed by atoms with van der Waals surface area (Å²) < 4.78 is 5.90. The molecule has 140 valence electrons. The van der Waals surface area contributed by atoms with Crippen molar-refractivity contribution in [2.75, 3.05) is 11.9 Å². The molecule has 5 heteroatoms. The van der Waals surface area contributed by atoms with Crippen molar-refractivity contribution in [3.8, 4) is 5.75 Å². The van der Waals surface area contributed by atoms with E-state index >= 15 is 0 Å². The van der Waals surface area contributed by atoms with Crippen LogP contribution in [-0.2, 0) is 16.1 Å². The van der Waals surface area contributed by atoms with Crippen molar-refractivity contribution in [3.63, 3.8) is 0 Å². The molecule has 0 radical (unpaired) electrons. The van der Waals surface area contributed by atoms with Crippen molar-refractivity contribution in [1.29, 1.82) is 0 Å². The van der Waals surface area contributed by atoms with Gasteiger partial charge in [0.2, 0.25) is 0 Å². The normalized spacial score (nSPS) is 18.1. The molecule has 2 amide bonds. The molecule has 3 rings (SSSR count). The number of ether oxygens (including phenoxy) is 1. The second kappa shape index (κ2) is 7.27. The lowest BCUT2D eigenvalue weighted by molar-refractivity contribution is -0.154. The summed E-state index contributed by atoms with van der Waals surface area (Å²) in [6.07, 6.45) is 1.65. The van der Waals surface area contributed by atoms with Gasteiger partial charge in [-0.25, -0.2) is 0 Å². The highest BCUT2D eigenvalue weighted by Crippen LogP contribution is 2.35. The Morgan fingerprint density at radius 2 is 1.85 bits per heavy atom. The molecule has 27 heavy (non-hydrogen) atoms. The van der Waals surface area contributed by atoms with E-state index in [4.69, 9.17) is 4.74 Å². The molecule has 0 fully saturated rings. The fraction of sp³-hybridized carbons (Fsp3) is 0.273. The largest absolute Gasteiger partial charge is 0.466 e. The smallest absolute Gasteiger partial charge is 0.278 e. The predicted molar refractivity (Wildman–Crippen MR) is 106 cm³/mol. The van der Waals surface area contributed by atoms with E-state index in [9.17, 15) is 9.59 Å². The van der Waals surface area contributed by atoms with Gasteiger partial charge in [-0.05, 0) is 44.0 Å². The molecule has 0 saturated heterocycles. The number of carbonyl (C=O) groups excluding carboxylic acids is 2. The number of benzene rings is 2. The maximum Gasteiger partial charge on any atom is 0.278 e. The van der Waals surface area contributed by atoms with E-state index in [1.54, 1.807) is 17.0 Å². The summed E-state index contributed by atoms with van der Waals surface area (Å²) >= 11 is 0. The van der Waals surface area contributed by atoms with Gasteiger partial charge < -0.3 is 15.0 Å². The highest BCUT2D eigenvalue weighted by molar-refractivity contribution is 6.15. The Bertz CT molecular complexity index is 889. The number of fused-ring (bicyclic) bond motifs is 1. The summed E-state index contributed by atoms with van der Waals surface area (Å²) in [5.74, 6) is -0.375. The van der Waals surface area contributed by atoms with Crippen LogP contribution in [0.2, 0.25) is 0 Å². The number of nitrogens with zero attached hydrogens (tertiary/aromatic N) is 1.